The van der Waals surface area contributed by atoms with Crippen LogP contribution in [0.2, 0.25) is 0 Å². The predicted octanol–water partition coefficient (Wildman–Crippen LogP) is 4.46. The summed E-state index contributed by atoms with van der Waals surface area (Å²) >= 11 is 4.24. The van der Waals surface area contributed by atoms with E-state index in [2.05, 4.69) is 50.5 Å². The summed E-state index contributed by atoms with van der Waals surface area (Å²) < 4.78 is 12.3. The Bertz CT molecular complexity index is 873. The largest absolute Gasteiger partial charge is 0.493 e. The van der Waals surface area contributed by atoms with Gasteiger partial charge in [-0.3, -0.25) is 4.79 Å². The molecular weight excluding hydrogens is 546 g/mol. The molecule has 0 aromatic heterocycles. The van der Waals surface area contributed by atoms with Gasteiger partial charge in [0.1, 0.15) is 11.6 Å². The molecule has 0 aliphatic carbocycles. The fourth-order valence-electron chi connectivity index (χ4n) is 2.09. The summed E-state index contributed by atoms with van der Waals surface area (Å²) in [5, 5.41) is 12.1. The number of hydrogen-bond acceptors (Lipinski definition) is 4. The lowest BCUT2D eigenvalue weighted by Gasteiger charge is -2.11. The van der Waals surface area contributed by atoms with Crippen LogP contribution in [0.1, 0.15) is 5.56 Å². The quantitative estimate of drug-likeness (QED) is 0.334. The van der Waals surface area contributed by atoms with Crippen molar-refractivity contribution >= 4 is 62.9 Å². The summed E-state index contributed by atoms with van der Waals surface area (Å²) in [6, 6.07) is 12.9. The van der Waals surface area contributed by atoms with E-state index in [1.165, 1.54) is 13.2 Å². The number of para-hydroxylation sites is 1. The van der Waals surface area contributed by atoms with Gasteiger partial charge in [-0.2, -0.15) is 5.26 Å². The van der Waals surface area contributed by atoms with E-state index in [0.29, 0.717) is 22.7 Å². The van der Waals surface area contributed by atoms with Crippen molar-refractivity contribution in [3.8, 4) is 17.6 Å². The van der Waals surface area contributed by atoms with Gasteiger partial charge < -0.3 is 14.8 Å². The van der Waals surface area contributed by atoms with E-state index >= 15 is 0 Å². The van der Waals surface area contributed by atoms with Gasteiger partial charge in [-0.15, -0.1) is 0 Å². The van der Waals surface area contributed by atoms with Gasteiger partial charge in [-0.05, 0) is 81.1 Å². The molecule has 0 unspecified atom stereocenters. The van der Waals surface area contributed by atoms with E-state index in [1.54, 1.807) is 19.2 Å². The van der Waals surface area contributed by atoms with E-state index in [1.807, 2.05) is 30.3 Å². The second kappa shape index (κ2) is 9.05. The van der Waals surface area contributed by atoms with Crippen molar-refractivity contribution < 1.29 is 14.3 Å². The first-order chi connectivity index (χ1) is 12.0. The van der Waals surface area contributed by atoms with Crippen LogP contribution in [0.15, 0.2) is 42.0 Å². The van der Waals surface area contributed by atoms with Gasteiger partial charge in [0.15, 0.2) is 11.5 Å². The number of methoxy groups -OCH3 is 2. The van der Waals surface area contributed by atoms with Crippen molar-refractivity contribution in [1.82, 2.24) is 0 Å². The number of carbonyl (C=O) groups excluding carboxylic acids is 1. The molecule has 2 rings (SSSR count). The van der Waals surface area contributed by atoms with Crippen LogP contribution in [0, 0.1) is 18.5 Å². The Hall–Kier alpha value is -1.80. The minimum absolute atomic E-state index is 0.00247. The number of amides is 1. The molecule has 2 aromatic rings. The number of rotatable bonds is 5. The molecule has 0 saturated heterocycles. The molecule has 128 valence electrons. The zero-order chi connectivity index (χ0) is 18.4. The van der Waals surface area contributed by atoms with Crippen LogP contribution in [-0.2, 0) is 4.79 Å². The molecule has 0 fully saturated rings. The molecule has 5 nitrogen and oxygen atoms in total. The van der Waals surface area contributed by atoms with Crippen molar-refractivity contribution in [2.45, 2.75) is 0 Å². The van der Waals surface area contributed by atoms with Gasteiger partial charge in [0, 0.05) is 3.57 Å². The lowest BCUT2D eigenvalue weighted by molar-refractivity contribution is -0.112. The molecule has 0 aliphatic heterocycles. The molecule has 0 heterocycles. The minimum atomic E-state index is -0.462. The fraction of sp³-hybridized carbons (Fsp3) is 0.111. The zero-order valence-electron chi connectivity index (χ0n) is 13.5. The number of anilines is 1. The molecule has 1 N–H and O–H groups in total. The summed E-state index contributed by atoms with van der Waals surface area (Å²) in [4.78, 5) is 12.4. The molecule has 0 aliphatic rings. The Balaban J connectivity index is 2.34. The Kier molecular flexibility index (Phi) is 7.07. The average molecular weight is 560 g/mol. The van der Waals surface area contributed by atoms with Gasteiger partial charge in [0.05, 0.1) is 23.5 Å². The van der Waals surface area contributed by atoms with Gasteiger partial charge in [-0.25, -0.2) is 0 Å². The Morgan fingerprint density at radius 3 is 2.48 bits per heavy atom. The van der Waals surface area contributed by atoms with Crippen LogP contribution in [0.4, 0.5) is 5.69 Å². The Morgan fingerprint density at radius 1 is 1.16 bits per heavy atom. The molecule has 0 radical (unpaired) electrons. The van der Waals surface area contributed by atoms with E-state index in [0.717, 1.165) is 7.14 Å². The maximum absolute atomic E-state index is 12.4. The van der Waals surface area contributed by atoms with Gasteiger partial charge >= 0.3 is 0 Å². The summed E-state index contributed by atoms with van der Waals surface area (Å²) in [5.74, 6) is 0.689. The highest BCUT2D eigenvalue weighted by molar-refractivity contribution is 14.1. The molecule has 2 aromatic carbocycles. The lowest BCUT2D eigenvalue weighted by Crippen LogP contribution is -2.14. The summed E-state index contributed by atoms with van der Waals surface area (Å²) in [7, 11) is 3.10. The molecule has 0 saturated carbocycles. The second-order valence-corrected chi connectivity index (χ2v) is 7.17. The second-order valence-electron chi connectivity index (χ2n) is 4.84. The van der Waals surface area contributed by atoms with Crippen molar-refractivity contribution in [3.63, 3.8) is 0 Å². The highest BCUT2D eigenvalue weighted by Gasteiger charge is 2.14. The number of nitrogens with zero attached hydrogens (tertiary/aromatic N) is 1. The number of nitrogens with one attached hydrogen (secondary N) is 1. The standard InChI is InChI=1S/C18H14I2N2O3/c1-24-16-9-11(8-14(20)17(16)25-2)7-12(10-21)18(23)22-15-6-4-3-5-13(15)19/h3-9H,1-2H3,(H,22,23)/b12-7-. The number of halogens is 2. The highest BCUT2D eigenvalue weighted by Crippen LogP contribution is 2.34. The fourth-order valence-corrected chi connectivity index (χ4v) is 3.46. The number of benzene rings is 2. The Labute approximate surface area is 173 Å². The van der Waals surface area contributed by atoms with Crippen LogP contribution in [-0.4, -0.2) is 20.1 Å². The summed E-state index contributed by atoms with van der Waals surface area (Å²) in [6.07, 6.45) is 1.52. The third-order valence-corrected chi connectivity index (χ3v) is 5.00. The van der Waals surface area contributed by atoms with Crippen molar-refractivity contribution in [2.24, 2.45) is 0 Å². The first-order valence-corrected chi connectivity index (χ1v) is 9.25. The maximum atomic E-state index is 12.4. The van der Waals surface area contributed by atoms with E-state index in [9.17, 15) is 10.1 Å². The molecule has 1 amide bonds. The highest BCUT2D eigenvalue weighted by atomic mass is 127. The van der Waals surface area contributed by atoms with Crippen molar-refractivity contribution in [2.75, 3.05) is 19.5 Å². The van der Waals surface area contributed by atoms with Crippen molar-refractivity contribution in [1.29, 1.82) is 5.26 Å². The van der Waals surface area contributed by atoms with Crippen LogP contribution in [0.25, 0.3) is 6.08 Å². The lowest BCUT2D eigenvalue weighted by atomic mass is 10.1. The van der Waals surface area contributed by atoms with E-state index in [4.69, 9.17) is 9.47 Å². The molecular formula is C18H14I2N2O3. The minimum Gasteiger partial charge on any atom is -0.493 e. The monoisotopic (exact) mass is 560 g/mol. The summed E-state index contributed by atoms with van der Waals surface area (Å²) in [5.41, 5.74) is 1.34. The molecule has 0 spiro atoms. The molecule has 0 atom stereocenters. The smallest absolute Gasteiger partial charge is 0.266 e. The van der Waals surface area contributed by atoms with Gasteiger partial charge in [0.2, 0.25) is 0 Å². The van der Waals surface area contributed by atoms with Crippen LogP contribution in [0.3, 0.4) is 0 Å². The average Bonchev–Trinajstić information content (AvgIpc) is 2.60. The normalized spacial score (nSPS) is 10.8. The van der Waals surface area contributed by atoms with Crippen LogP contribution in [0.5, 0.6) is 11.5 Å². The first kappa shape index (κ1) is 19.5. The first-order valence-electron chi connectivity index (χ1n) is 7.09. The maximum Gasteiger partial charge on any atom is 0.266 e. The predicted molar refractivity (Wildman–Crippen MR) is 114 cm³/mol. The van der Waals surface area contributed by atoms with E-state index < -0.39 is 5.91 Å². The SMILES string of the molecule is COc1cc(/C=C(/C#N)C(=O)Nc2ccccc2I)cc(I)c1OC. The molecule has 0 bridgehead atoms. The number of nitriles is 1. The third kappa shape index (κ3) is 4.85. The summed E-state index contributed by atoms with van der Waals surface area (Å²) in [6.45, 7) is 0. The van der Waals surface area contributed by atoms with E-state index in [-0.39, 0.29) is 5.57 Å². The van der Waals surface area contributed by atoms with Crippen molar-refractivity contribution in [3.05, 3.63) is 54.7 Å². The zero-order valence-corrected chi connectivity index (χ0v) is 17.8. The number of ether oxygens (including phenoxy) is 2. The van der Waals surface area contributed by atoms with Gasteiger partial charge in [-0.1, -0.05) is 12.1 Å². The topological polar surface area (TPSA) is 71.3 Å². The number of carbonyl (C=O) groups is 1. The number of hydrogen-bond donors (Lipinski definition) is 1. The molecule has 25 heavy (non-hydrogen) atoms. The Morgan fingerprint density at radius 2 is 1.88 bits per heavy atom. The molecule has 7 heteroatoms. The van der Waals surface area contributed by atoms with Crippen LogP contribution < -0.4 is 14.8 Å². The van der Waals surface area contributed by atoms with Crippen LogP contribution >= 0.6 is 45.2 Å². The third-order valence-electron chi connectivity index (χ3n) is 3.25. The van der Waals surface area contributed by atoms with Gasteiger partial charge in [0.25, 0.3) is 5.91 Å².